The molecule has 0 fully saturated rings. The molecule has 0 saturated carbocycles. The SMILES string of the molecule is CC#N.CC#N.CN(Cc1ccccn1)Cc1cccc(CN(C)Cc2ccccn2)n1.[Fe+2].[O-][Cl+3]([O-])([O-])[O-].[O-][Cl+3]([O-])([O-])[O-]. The third kappa shape index (κ3) is 35.2. The van der Waals surface area contributed by atoms with E-state index in [1.807, 2.05) is 48.8 Å². The Morgan fingerprint density at radius 1 is 0.581 bits per heavy atom. The number of hydrogen-bond donors (Lipinski definition) is 0. The van der Waals surface area contributed by atoms with Crippen molar-refractivity contribution in [3.05, 3.63) is 89.8 Å². The molecule has 0 bridgehead atoms. The van der Waals surface area contributed by atoms with Crippen molar-refractivity contribution < 1.29 is 74.8 Å². The zero-order valence-corrected chi connectivity index (χ0v) is 26.3. The van der Waals surface area contributed by atoms with E-state index in [-0.39, 0.29) is 17.1 Å². The van der Waals surface area contributed by atoms with E-state index in [0.717, 1.165) is 49.0 Å². The Morgan fingerprint density at radius 2 is 0.837 bits per heavy atom. The predicted octanol–water partition coefficient (Wildman–Crippen LogP) is -5.32. The van der Waals surface area contributed by atoms with Gasteiger partial charge in [0.05, 0.1) is 34.9 Å². The predicted molar refractivity (Wildman–Crippen MR) is 126 cm³/mol. The molecule has 18 heteroatoms. The average Bonchev–Trinajstić information content (AvgIpc) is 2.84. The first-order valence-corrected chi connectivity index (χ1v) is 14.0. The fourth-order valence-corrected chi connectivity index (χ4v) is 2.91. The van der Waals surface area contributed by atoms with Gasteiger partial charge in [-0.2, -0.15) is 10.5 Å². The van der Waals surface area contributed by atoms with Gasteiger partial charge in [0.2, 0.25) is 0 Å². The number of hydrogen-bond acceptors (Lipinski definition) is 15. The van der Waals surface area contributed by atoms with Crippen LogP contribution in [-0.2, 0) is 43.2 Å². The maximum absolute atomic E-state index is 8.49. The molecule has 0 aromatic carbocycles. The van der Waals surface area contributed by atoms with E-state index in [2.05, 4.69) is 52.1 Å². The summed E-state index contributed by atoms with van der Waals surface area (Å²) in [6, 6.07) is 21.8. The first kappa shape index (κ1) is 44.6. The van der Waals surface area contributed by atoms with Crippen LogP contribution in [0.5, 0.6) is 0 Å². The molecule has 0 N–H and O–H groups in total. The number of nitrogens with zero attached hydrogens (tertiary/aromatic N) is 7. The molecule has 0 aliphatic carbocycles. The van der Waals surface area contributed by atoms with Crippen LogP contribution in [-0.4, -0.2) is 38.8 Å². The monoisotopic (exact) mass is 683 g/mol. The van der Waals surface area contributed by atoms with Crippen LogP contribution in [0.25, 0.3) is 0 Å². The van der Waals surface area contributed by atoms with Gasteiger partial charge >= 0.3 is 17.1 Å². The minimum atomic E-state index is -4.94. The zero-order valence-electron chi connectivity index (χ0n) is 23.7. The molecule has 0 atom stereocenters. The Morgan fingerprint density at radius 3 is 1.09 bits per heavy atom. The smallest absolute Gasteiger partial charge is 0.295 e. The van der Waals surface area contributed by atoms with Crippen LogP contribution in [0.1, 0.15) is 36.6 Å². The van der Waals surface area contributed by atoms with Crippen molar-refractivity contribution in [2.75, 3.05) is 14.1 Å². The first-order chi connectivity index (χ1) is 19.5. The van der Waals surface area contributed by atoms with Gasteiger partial charge in [-0.3, -0.25) is 24.8 Å². The standard InChI is InChI=1S/C21H25N5.2C2H3N.2ClHO4.Fe/c1-25(14-18-8-3-5-12-22-18)16-20-10-7-11-21(24-20)17-26(2)15-19-9-4-6-13-23-19;2*1-2-3;2*2-1(3,4)5;/h3-13H,14-17H2,1-2H3;2*1H3;2*(H,2,3,4,5);/q;;;;;+2/p-2. The van der Waals surface area contributed by atoms with Gasteiger partial charge < -0.3 is 0 Å². The second-order valence-electron chi connectivity index (χ2n) is 7.81. The number of aromatic nitrogens is 3. The van der Waals surface area contributed by atoms with Crippen LogP contribution in [0.3, 0.4) is 0 Å². The summed E-state index contributed by atoms with van der Waals surface area (Å²) < 4.78 is 67.9. The van der Waals surface area contributed by atoms with Crippen molar-refractivity contribution in [2.24, 2.45) is 0 Å². The van der Waals surface area contributed by atoms with Crippen molar-refractivity contribution in [1.29, 1.82) is 10.5 Å². The fraction of sp³-hybridized carbons (Fsp3) is 0.320. The molecule has 15 nitrogen and oxygen atoms in total. The molecule has 3 heterocycles. The van der Waals surface area contributed by atoms with Gasteiger partial charge in [0.1, 0.15) is 0 Å². The Balaban J connectivity index is -0.000000783. The molecule has 0 aliphatic rings. The second kappa shape index (κ2) is 25.6. The Kier molecular flexibility index (Phi) is 26.5. The van der Waals surface area contributed by atoms with Crippen LogP contribution in [0.2, 0.25) is 0 Å². The minimum absolute atomic E-state index is 0. The number of halogens is 2. The maximum atomic E-state index is 8.49. The van der Waals surface area contributed by atoms with Gasteiger partial charge in [0.25, 0.3) is 0 Å². The van der Waals surface area contributed by atoms with Gasteiger partial charge in [-0.25, -0.2) is 37.3 Å². The average molecular weight is 684 g/mol. The summed E-state index contributed by atoms with van der Waals surface area (Å²) in [5.41, 5.74) is 4.29. The third-order valence-electron chi connectivity index (χ3n) is 4.04. The van der Waals surface area contributed by atoms with E-state index in [0.29, 0.717) is 0 Å². The molecule has 236 valence electrons. The molecule has 0 aliphatic heterocycles. The summed E-state index contributed by atoms with van der Waals surface area (Å²) in [6.45, 7) is 6.08. The van der Waals surface area contributed by atoms with Gasteiger partial charge in [0.15, 0.2) is 0 Å². The van der Waals surface area contributed by atoms with E-state index in [1.165, 1.54) is 13.8 Å². The molecule has 3 aromatic rings. The molecule has 3 aromatic heterocycles. The summed E-state index contributed by atoms with van der Waals surface area (Å²) in [4.78, 5) is 18.0. The Hall–Kier alpha value is -2.87. The maximum Gasteiger partial charge on any atom is 2.00 e. The molecule has 43 heavy (non-hydrogen) atoms. The van der Waals surface area contributed by atoms with Crippen LogP contribution in [0, 0.1) is 43.1 Å². The number of nitriles is 2. The number of pyridine rings is 3. The summed E-state index contributed by atoms with van der Waals surface area (Å²) >= 11 is 0. The molecular formula is C25H31Cl2FeN7O8. The van der Waals surface area contributed by atoms with Crippen molar-refractivity contribution in [2.45, 2.75) is 40.0 Å². The Bertz CT molecular complexity index is 1080. The molecule has 3 rings (SSSR count). The van der Waals surface area contributed by atoms with Gasteiger partial charge in [-0.05, 0) is 50.5 Å². The van der Waals surface area contributed by atoms with Crippen LogP contribution < -0.4 is 37.3 Å². The topological polar surface area (TPSA) is 277 Å². The van der Waals surface area contributed by atoms with Crippen LogP contribution >= 0.6 is 0 Å². The number of rotatable bonds is 8. The molecule has 0 spiro atoms. The summed E-state index contributed by atoms with van der Waals surface area (Å²) in [5, 5.41) is 14.6. The van der Waals surface area contributed by atoms with E-state index in [4.69, 9.17) is 52.8 Å². The summed E-state index contributed by atoms with van der Waals surface area (Å²) in [5.74, 6) is 0. The largest absolute Gasteiger partial charge is 2.00 e. The zero-order chi connectivity index (χ0) is 32.6. The van der Waals surface area contributed by atoms with Crippen molar-refractivity contribution >= 4 is 0 Å². The fourth-order valence-electron chi connectivity index (χ4n) is 2.91. The summed E-state index contributed by atoms with van der Waals surface area (Å²) in [6.07, 6.45) is 3.67. The molecular weight excluding hydrogens is 653 g/mol. The van der Waals surface area contributed by atoms with E-state index >= 15 is 0 Å². The normalized spacial score (nSPS) is 9.95. The van der Waals surface area contributed by atoms with Crippen LogP contribution in [0.15, 0.2) is 67.0 Å². The minimum Gasteiger partial charge on any atom is -0.295 e. The van der Waals surface area contributed by atoms with E-state index in [9.17, 15) is 0 Å². The van der Waals surface area contributed by atoms with Crippen LogP contribution in [0.4, 0.5) is 0 Å². The van der Waals surface area contributed by atoms with Gasteiger partial charge in [-0.1, -0.05) is 18.2 Å². The summed E-state index contributed by atoms with van der Waals surface area (Å²) in [7, 11) is -5.70. The second-order valence-corrected chi connectivity index (χ2v) is 9.32. The van der Waals surface area contributed by atoms with Crippen molar-refractivity contribution in [3.8, 4) is 12.1 Å². The van der Waals surface area contributed by atoms with Gasteiger partial charge in [-0.15, -0.1) is 20.5 Å². The Labute approximate surface area is 265 Å². The van der Waals surface area contributed by atoms with E-state index < -0.39 is 20.5 Å². The molecule has 0 unspecified atom stereocenters. The van der Waals surface area contributed by atoms with Crippen molar-refractivity contribution in [1.82, 2.24) is 24.8 Å². The molecule has 0 radical (unpaired) electrons. The molecule has 0 saturated heterocycles. The van der Waals surface area contributed by atoms with E-state index in [1.54, 1.807) is 12.1 Å². The van der Waals surface area contributed by atoms with Crippen molar-refractivity contribution in [3.63, 3.8) is 0 Å². The molecule has 0 amide bonds. The first-order valence-electron chi connectivity index (χ1n) is 11.5. The van der Waals surface area contributed by atoms with Gasteiger partial charge in [0, 0.05) is 52.4 Å². The third-order valence-corrected chi connectivity index (χ3v) is 4.04. The quantitative estimate of drug-likeness (QED) is 0.200.